The fourth-order valence-electron chi connectivity index (χ4n) is 1.66. The van der Waals surface area contributed by atoms with Crippen molar-refractivity contribution >= 4 is 5.69 Å². The zero-order valence-corrected chi connectivity index (χ0v) is 10.2. The smallest absolute Gasteiger partial charge is 0.145 e. The van der Waals surface area contributed by atoms with Crippen molar-refractivity contribution in [3.8, 4) is 5.75 Å². The van der Waals surface area contributed by atoms with Crippen LogP contribution in [0.4, 0.5) is 10.1 Å². The highest BCUT2D eigenvalue weighted by Gasteiger charge is 2.07. The molecule has 1 N–H and O–H groups in total. The quantitative estimate of drug-likeness (QED) is 0.794. The van der Waals surface area contributed by atoms with Gasteiger partial charge >= 0.3 is 0 Å². The summed E-state index contributed by atoms with van der Waals surface area (Å²) in [5.41, 5.74) is 0.865. The molecule has 1 aromatic rings. The lowest BCUT2D eigenvalue weighted by Gasteiger charge is -2.17. The molecule has 1 atom stereocenters. The molecule has 0 fully saturated rings. The number of halogens is 1. The Balaban J connectivity index is 2.77. The summed E-state index contributed by atoms with van der Waals surface area (Å²) in [6.45, 7) is 6.69. The molecular formula is C13H20FNO. The fourth-order valence-corrected chi connectivity index (χ4v) is 1.66. The molecule has 0 aliphatic rings. The Bertz CT molecular complexity index is 328. The first-order valence-electron chi connectivity index (χ1n) is 5.86. The van der Waals surface area contributed by atoms with Gasteiger partial charge in [0.1, 0.15) is 11.6 Å². The maximum atomic E-state index is 13.0. The molecule has 0 amide bonds. The molecule has 0 bridgehead atoms. The van der Waals surface area contributed by atoms with E-state index in [9.17, 15) is 4.39 Å². The zero-order valence-electron chi connectivity index (χ0n) is 10.2. The SMILES string of the molecule is CCCC(C)Nc1ccc(F)cc1OCC. The van der Waals surface area contributed by atoms with E-state index in [0.717, 1.165) is 18.5 Å². The molecule has 0 saturated heterocycles. The molecule has 0 saturated carbocycles. The number of hydrogen-bond donors (Lipinski definition) is 1. The summed E-state index contributed by atoms with van der Waals surface area (Å²) in [7, 11) is 0. The third kappa shape index (κ3) is 3.72. The lowest BCUT2D eigenvalue weighted by atomic mass is 10.2. The van der Waals surface area contributed by atoms with Crippen molar-refractivity contribution in [2.75, 3.05) is 11.9 Å². The average molecular weight is 225 g/mol. The highest BCUT2D eigenvalue weighted by Crippen LogP contribution is 2.26. The summed E-state index contributed by atoms with van der Waals surface area (Å²) in [5.74, 6) is 0.322. The fraction of sp³-hybridized carbons (Fsp3) is 0.538. The molecule has 0 radical (unpaired) electrons. The van der Waals surface area contributed by atoms with Crippen molar-refractivity contribution < 1.29 is 9.13 Å². The molecule has 0 spiro atoms. The zero-order chi connectivity index (χ0) is 12.0. The minimum atomic E-state index is -0.267. The molecular weight excluding hydrogens is 205 g/mol. The van der Waals surface area contributed by atoms with Gasteiger partial charge in [-0.2, -0.15) is 0 Å². The molecule has 3 heteroatoms. The third-order valence-electron chi connectivity index (χ3n) is 2.37. The maximum Gasteiger partial charge on any atom is 0.145 e. The largest absolute Gasteiger partial charge is 0.492 e. The minimum Gasteiger partial charge on any atom is -0.492 e. The van der Waals surface area contributed by atoms with E-state index in [1.165, 1.54) is 12.1 Å². The van der Waals surface area contributed by atoms with E-state index >= 15 is 0 Å². The van der Waals surface area contributed by atoms with E-state index in [1.54, 1.807) is 6.07 Å². The van der Waals surface area contributed by atoms with Gasteiger partial charge in [-0.3, -0.25) is 0 Å². The Hall–Kier alpha value is -1.25. The van der Waals surface area contributed by atoms with E-state index in [0.29, 0.717) is 18.4 Å². The van der Waals surface area contributed by atoms with Crippen LogP contribution < -0.4 is 10.1 Å². The normalized spacial score (nSPS) is 12.2. The van der Waals surface area contributed by atoms with Gasteiger partial charge in [0, 0.05) is 12.1 Å². The first-order chi connectivity index (χ1) is 7.67. The lowest BCUT2D eigenvalue weighted by Crippen LogP contribution is -2.15. The number of ether oxygens (including phenoxy) is 1. The minimum absolute atomic E-state index is 0.267. The number of hydrogen-bond acceptors (Lipinski definition) is 2. The summed E-state index contributed by atoms with van der Waals surface area (Å²) in [6, 6.07) is 4.97. The van der Waals surface area contributed by atoms with Crippen LogP contribution in [0.1, 0.15) is 33.6 Å². The van der Waals surface area contributed by atoms with Crippen LogP contribution in [0.25, 0.3) is 0 Å². The van der Waals surface area contributed by atoms with E-state index < -0.39 is 0 Å². The maximum absolute atomic E-state index is 13.0. The van der Waals surface area contributed by atoms with Crippen molar-refractivity contribution in [2.24, 2.45) is 0 Å². The molecule has 0 aromatic heterocycles. The summed E-state index contributed by atoms with van der Waals surface area (Å²) in [4.78, 5) is 0. The molecule has 0 aliphatic heterocycles. The number of nitrogens with one attached hydrogen (secondary N) is 1. The Morgan fingerprint density at radius 2 is 2.12 bits per heavy atom. The van der Waals surface area contributed by atoms with Gasteiger partial charge < -0.3 is 10.1 Å². The highest BCUT2D eigenvalue weighted by atomic mass is 19.1. The standard InChI is InChI=1S/C13H20FNO/c1-4-6-10(3)15-12-8-7-11(14)9-13(12)16-5-2/h7-10,15H,4-6H2,1-3H3. The van der Waals surface area contributed by atoms with Crippen LogP contribution >= 0.6 is 0 Å². The van der Waals surface area contributed by atoms with Crippen molar-refractivity contribution in [3.63, 3.8) is 0 Å². The van der Waals surface area contributed by atoms with Gasteiger partial charge in [0.05, 0.1) is 12.3 Å². The summed E-state index contributed by atoms with van der Waals surface area (Å²) < 4.78 is 18.4. The average Bonchev–Trinajstić information content (AvgIpc) is 2.23. The van der Waals surface area contributed by atoms with Crippen LogP contribution in [0.15, 0.2) is 18.2 Å². The van der Waals surface area contributed by atoms with Crippen LogP contribution in [-0.4, -0.2) is 12.6 Å². The van der Waals surface area contributed by atoms with Crippen molar-refractivity contribution in [1.82, 2.24) is 0 Å². The Morgan fingerprint density at radius 3 is 2.75 bits per heavy atom. The van der Waals surface area contributed by atoms with Gasteiger partial charge in [0.2, 0.25) is 0 Å². The Morgan fingerprint density at radius 1 is 1.38 bits per heavy atom. The number of benzene rings is 1. The topological polar surface area (TPSA) is 21.3 Å². The first-order valence-corrected chi connectivity index (χ1v) is 5.86. The Kier molecular flexibility index (Phi) is 5.09. The predicted molar refractivity (Wildman–Crippen MR) is 65.6 cm³/mol. The lowest BCUT2D eigenvalue weighted by molar-refractivity contribution is 0.339. The summed E-state index contributed by atoms with van der Waals surface area (Å²) in [6.07, 6.45) is 2.21. The second-order valence-corrected chi connectivity index (χ2v) is 3.91. The van der Waals surface area contributed by atoms with Gasteiger partial charge in [-0.25, -0.2) is 4.39 Å². The molecule has 16 heavy (non-hydrogen) atoms. The van der Waals surface area contributed by atoms with Crippen LogP contribution in [-0.2, 0) is 0 Å². The number of rotatable bonds is 6. The van der Waals surface area contributed by atoms with Crippen LogP contribution in [0.3, 0.4) is 0 Å². The third-order valence-corrected chi connectivity index (χ3v) is 2.37. The first kappa shape index (κ1) is 12.8. The van der Waals surface area contributed by atoms with Crippen LogP contribution in [0.2, 0.25) is 0 Å². The van der Waals surface area contributed by atoms with E-state index in [-0.39, 0.29) is 5.82 Å². The predicted octanol–water partition coefficient (Wildman–Crippen LogP) is 3.82. The molecule has 90 valence electrons. The van der Waals surface area contributed by atoms with E-state index in [2.05, 4.69) is 19.2 Å². The Labute approximate surface area is 96.8 Å². The summed E-state index contributed by atoms with van der Waals surface area (Å²) >= 11 is 0. The molecule has 0 heterocycles. The molecule has 2 nitrogen and oxygen atoms in total. The van der Waals surface area contributed by atoms with Crippen LogP contribution in [0, 0.1) is 5.82 Å². The van der Waals surface area contributed by atoms with Crippen molar-refractivity contribution in [2.45, 2.75) is 39.7 Å². The van der Waals surface area contributed by atoms with Crippen molar-refractivity contribution in [1.29, 1.82) is 0 Å². The molecule has 1 rings (SSSR count). The molecule has 1 aromatic carbocycles. The van der Waals surface area contributed by atoms with E-state index in [1.807, 2.05) is 6.92 Å². The van der Waals surface area contributed by atoms with Crippen molar-refractivity contribution in [3.05, 3.63) is 24.0 Å². The van der Waals surface area contributed by atoms with Gasteiger partial charge in [-0.05, 0) is 32.4 Å². The molecule has 1 unspecified atom stereocenters. The monoisotopic (exact) mass is 225 g/mol. The van der Waals surface area contributed by atoms with Gasteiger partial charge in [0.25, 0.3) is 0 Å². The van der Waals surface area contributed by atoms with Gasteiger partial charge in [-0.15, -0.1) is 0 Å². The second-order valence-electron chi connectivity index (χ2n) is 3.91. The second kappa shape index (κ2) is 6.36. The van der Waals surface area contributed by atoms with Gasteiger partial charge in [0.15, 0.2) is 0 Å². The molecule has 0 aliphatic carbocycles. The highest BCUT2D eigenvalue weighted by molar-refractivity contribution is 5.56. The van der Waals surface area contributed by atoms with Crippen LogP contribution in [0.5, 0.6) is 5.75 Å². The summed E-state index contributed by atoms with van der Waals surface area (Å²) in [5, 5.41) is 3.33. The number of anilines is 1. The van der Waals surface area contributed by atoms with Gasteiger partial charge in [-0.1, -0.05) is 13.3 Å². The van der Waals surface area contributed by atoms with E-state index in [4.69, 9.17) is 4.74 Å².